The van der Waals surface area contributed by atoms with Crippen LogP contribution in [0.25, 0.3) is 11.1 Å². The first kappa shape index (κ1) is 20.2. The summed E-state index contributed by atoms with van der Waals surface area (Å²) in [6.45, 7) is 3.83. The molecular formula is C23H22N4O4. The van der Waals surface area contributed by atoms with E-state index in [1.807, 2.05) is 44.2 Å². The largest absolute Gasteiger partial charge is 0.497 e. The maximum absolute atomic E-state index is 12.8. The first-order valence-electron chi connectivity index (χ1n) is 9.69. The number of nitrogens with zero attached hydrogens (tertiary/aromatic N) is 1. The average molecular weight is 418 g/mol. The number of hydrogen-bond acceptors (Lipinski definition) is 5. The fourth-order valence-electron chi connectivity index (χ4n) is 3.23. The molecule has 0 radical (unpaired) electrons. The highest BCUT2D eigenvalue weighted by Crippen LogP contribution is 2.26. The van der Waals surface area contributed by atoms with Gasteiger partial charge >= 0.3 is 0 Å². The van der Waals surface area contributed by atoms with Gasteiger partial charge in [0, 0.05) is 11.6 Å². The summed E-state index contributed by atoms with van der Waals surface area (Å²) < 4.78 is 10.9. The van der Waals surface area contributed by atoms with Crippen LogP contribution in [0.2, 0.25) is 0 Å². The Kier molecular flexibility index (Phi) is 5.21. The lowest BCUT2D eigenvalue weighted by atomic mass is 9.94. The summed E-state index contributed by atoms with van der Waals surface area (Å²) in [5, 5.41) is 12.5. The summed E-state index contributed by atoms with van der Waals surface area (Å²) in [7, 11) is 1.53. The van der Waals surface area contributed by atoms with Gasteiger partial charge in [0.15, 0.2) is 17.2 Å². The average Bonchev–Trinajstić information content (AvgIpc) is 3.36. The quantitative estimate of drug-likeness (QED) is 0.437. The molecule has 2 amide bonds. The molecule has 0 fully saturated rings. The highest BCUT2D eigenvalue weighted by atomic mass is 16.5. The highest BCUT2D eigenvalue weighted by molar-refractivity contribution is 6.07. The minimum Gasteiger partial charge on any atom is -0.497 e. The molecule has 4 rings (SSSR count). The van der Waals surface area contributed by atoms with E-state index in [2.05, 4.69) is 20.8 Å². The van der Waals surface area contributed by atoms with Crippen LogP contribution in [-0.4, -0.2) is 29.1 Å². The predicted molar refractivity (Wildman–Crippen MR) is 116 cm³/mol. The van der Waals surface area contributed by atoms with Crippen molar-refractivity contribution in [2.45, 2.75) is 19.4 Å². The van der Waals surface area contributed by atoms with E-state index >= 15 is 0 Å². The Labute approximate surface area is 178 Å². The second-order valence-corrected chi connectivity index (χ2v) is 7.56. The third-order valence-corrected chi connectivity index (χ3v) is 4.94. The van der Waals surface area contributed by atoms with Gasteiger partial charge in [-0.15, -0.1) is 0 Å². The van der Waals surface area contributed by atoms with E-state index in [0.29, 0.717) is 22.4 Å². The van der Waals surface area contributed by atoms with E-state index in [-0.39, 0.29) is 23.4 Å². The molecule has 2 aromatic heterocycles. The molecule has 0 saturated heterocycles. The topological polar surface area (TPSA) is 109 Å². The number of rotatable bonds is 6. The van der Waals surface area contributed by atoms with Crippen LogP contribution in [0.15, 0.2) is 65.1 Å². The fourth-order valence-corrected chi connectivity index (χ4v) is 3.23. The van der Waals surface area contributed by atoms with Crippen LogP contribution in [0.5, 0.6) is 5.75 Å². The number of anilines is 1. The minimum absolute atomic E-state index is 0.115. The van der Waals surface area contributed by atoms with E-state index in [9.17, 15) is 9.59 Å². The van der Waals surface area contributed by atoms with Gasteiger partial charge in [-0.1, -0.05) is 36.4 Å². The zero-order valence-electron chi connectivity index (χ0n) is 17.4. The molecule has 2 aromatic carbocycles. The number of carbonyl (C=O) groups is 2. The Bertz CT molecular complexity index is 1240. The number of ether oxygens (including phenoxy) is 1. The number of amides is 2. The number of aromatic nitrogens is 2. The van der Waals surface area contributed by atoms with E-state index in [4.69, 9.17) is 9.15 Å². The predicted octanol–water partition coefficient (Wildman–Crippen LogP) is 4.08. The molecule has 0 spiro atoms. The van der Waals surface area contributed by atoms with Crippen molar-refractivity contribution in [2.75, 3.05) is 12.4 Å². The van der Waals surface area contributed by atoms with Crippen LogP contribution in [0.1, 0.15) is 40.3 Å². The summed E-state index contributed by atoms with van der Waals surface area (Å²) in [6, 6.07) is 18.0. The number of H-pyrrole nitrogens is 1. The van der Waals surface area contributed by atoms with Gasteiger partial charge in [0.2, 0.25) is 0 Å². The van der Waals surface area contributed by atoms with Crippen molar-refractivity contribution in [3.63, 3.8) is 0 Å². The summed E-state index contributed by atoms with van der Waals surface area (Å²) in [6.07, 6.45) is 0. The van der Waals surface area contributed by atoms with Crippen LogP contribution in [0.4, 0.5) is 5.82 Å². The molecule has 3 N–H and O–H groups in total. The smallest absolute Gasteiger partial charge is 0.287 e. The lowest BCUT2D eigenvalue weighted by Crippen LogP contribution is -2.40. The molecule has 0 unspecified atom stereocenters. The van der Waals surface area contributed by atoms with Gasteiger partial charge in [0.25, 0.3) is 11.8 Å². The molecule has 0 atom stereocenters. The lowest BCUT2D eigenvalue weighted by molar-refractivity contribution is 0.0885. The molecule has 4 aromatic rings. The number of benzene rings is 2. The second kappa shape index (κ2) is 7.98. The fraction of sp³-hybridized carbons (Fsp3) is 0.174. The molecule has 0 aliphatic carbocycles. The SMILES string of the molecule is COc1cccc(C(=O)Nc2n[nH]c3cc(C(=O)NC(C)(C)c4ccccc4)oc23)c1. The zero-order chi connectivity index (χ0) is 22.0. The van der Waals surface area contributed by atoms with Crippen LogP contribution in [0.3, 0.4) is 0 Å². The number of nitrogens with one attached hydrogen (secondary N) is 3. The van der Waals surface area contributed by atoms with Crippen molar-refractivity contribution in [1.82, 2.24) is 15.5 Å². The molecule has 0 aliphatic rings. The Hall–Kier alpha value is -4.07. The maximum Gasteiger partial charge on any atom is 0.287 e. The zero-order valence-corrected chi connectivity index (χ0v) is 17.4. The molecule has 0 aliphatic heterocycles. The van der Waals surface area contributed by atoms with Gasteiger partial charge in [-0.3, -0.25) is 14.7 Å². The Morgan fingerprint density at radius 3 is 2.55 bits per heavy atom. The van der Waals surface area contributed by atoms with Gasteiger partial charge in [-0.2, -0.15) is 5.10 Å². The maximum atomic E-state index is 12.8. The van der Waals surface area contributed by atoms with Crippen molar-refractivity contribution in [3.05, 3.63) is 77.6 Å². The first-order chi connectivity index (χ1) is 14.9. The monoisotopic (exact) mass is 418 g/mol. The number of carbonyl (C=O) groups excluding carboxylic acids is 2. The molecular weight excluding hydrogens is 396 g/mol. The third kappa shape index (κ3) is 4.13. The second-order valence-electron chi connectivity index (χ2n) is 7.56. The molecule has 2 heterocycles. The molecule has 31 heavy (non-hydrogen) atoms. The van der Waals surface area contributed by atoms with Gasteiger partial charge in [0.05, 0.1) is 12.6 Å². The number of aromatic amines is 1. The van der Waals surface area contributed by atoms with Crippen LogP contribution in [-0.2, 0) is 5.54 Å². The lowest BCUT2D eigenvalue weighted by Gasteiger charge is -2.26. The van der Waals surface area contributed by atoms with Crippen molar-refractivity contribution < 1.29 is 18.7 Å². The summed E-state index contributed by atoms with van der Waals surface area (Å²) in [5.74, 6) is 0.134. The minimum atomic E-state index is -0.597. The standard InChI is InChI=1S/C23H22N4O4/c1-23(2,15-9-5-4-6-10-15)25-22(29)18-13-17-19(31-18)20(27-26-17)24-21(28)14-8-7-11-16(12-14)30-3/h4-13H,1-3H3,(H,25,29)(H2,24,26,27,28). The summed E-state index contributed by atoms with van der Waals surface area (Å²) >= 11 is 0. The normalized spacial score (nSPS) is 11.3. The number of methoxy groups -OCH3 is 1. The number of fused-ring (bicyclic) bond motifs is 1. The van der Waals surface area contributed by atoms with E-state index in [0.717, 1.165) is 5.56 Å². The van der Waals surface area contributed by atoms with Crippen molar-refractivity contribution in [2.24, 2.45) is 0 Å². The number of hydrogen-bond donors (Lipinski definition) is 3. The van der Waals surface area contributed by atoms with Gasteiger partial charge < -0.3 is 19.8 Å². The van der Waals surface area contributed by atoms with Crippen molar-refractivity contribution in [1.29, 1.82) is 0 Å². The molecule has 8 heteroatoms. The number of furan rings is 1. The highest BCUT2D eigenvalue weighted by Gasteiger charge is 2.26. The molecule has 8 nitrogen and oxygen atoms in total. The van der Waals surface area contributed by atoms with Gasteiger partial charge in [0.1, 0.15) is 11.3 Å². The molecule has 0 saturated carbocycles. The molecule has 158 valence electrons. The van der Waals surface area contributed by atoms with Crippen molar-refractivity contribution >= 4 is 28.7 Å². The van der Waals surface area contributed by atoms with Crippen molar-refractivity contribution in [3.8, 4) is 5.75 Å². The summed E-state index contributed by atoms with van der Waals surface area (Å²) in [4.78, 5) is 25.4. The van der Waals surface area contributed by atoms with E-state index in [1.165, 1.54) is 7.11 Å². The van der Waals surface area contributed by atoms with Crippen LogP contribution >= 0.6 is 0 Å². The summed E-state index contributed by atoms with van der Waals surface area (Å²) in [5.41, 5.74) is 1.57. The van der Waals surface area contributed by atoms with Crippen LogP contribution in [0, 0.1) is 0 Å². The van der Waals surface area contributed by atoms with E-state index in [1.54, 1.807) is 30.3 Å². The Balaban J connectivity index is 1.53. The van der Waals surface area contributed by atoms with E-state index < -0.39 is 5.54 Å². The van der Waals surface area contributed by atoms with Crippen LogP contribution < -0.4 is 15.4 Å². The first-order valence-corrected chi connectivity index (χ1v) is 9.69. The van der Waals surface area contributed by atoms with Gasteiger partial charge in [-0.05, 0) is 37.6 Å². The molecule has 0 bridgehead atoms. The van der Waals surface area contributed by atoms with Gasteiger partial charge in [-0.25, -0.2) is 0 Å². The Morgan fingerprint density at radius 1 is 1.03 bits per heavy atom. The third-order valence-electron chi connectivity index (χ3n) is 4.94. The Morgan fingerprint density at radius 2 is 1.81 bits per heavy atom.